The lowest BCUT2D eigenvalue weighted by Crippen LogP contribution is -2.45. The smallest absolute Gasteiger partial charge is 0.392 e. The first kappa shape index (κ1) is 24.7. The highest BCUT2D eigenvalue weighted by Gasteiger charge is 2.56. The summed E-state index contributed by atoms with van der Waals surface area (Å²) in [6.45, 7) is 4.83. The first-order valence-corrected chi connectivity index (χ1v) is 10.5. The molecule has 1 heterocycles. The molecule has 0 saturated carbocycles. The minimum Gasteiger partial charge on any atom is -0.392 e. The Morgan fingerprint density at radius 3 is 2.36 bits per heavy atom. The molecule has 2 aromatic carbocycles. The van der Waals surface area contributed by atoms with Crippen molar-refractivity contribution in [2.45, 2.75) is 32.2 Å². The first-order valence-electron chi connectivity index (χ1n) is 10.5. The van der Waals surface area contributed by atoms with Crippen molar-refractivity contribution in [3.05, 3.63) is 64.2 Å². The van der Waals surface area contributed by atoms with Gasteiger partial charge >= 0.3 is 6.18 Å². The fourth-order valence-corrected chi connectivity index (χ4v) is 4.26. The third-order valence-electron chi connectivity index (χ3n) is 6.03. The summed E-state index contributed by atoms with van der Waals surface area (Å²) in [5.41, 5.74) is -0.142. The second-order valence-corrected chi connectivity index (χ2v) is 7.79. The molecule has 0 radical (unpaired) electrons. The van der Waals surface area contributed by atoms with Crippen LogP contribution in [0.1, 0.15) is 46.5 Å². The molecule has 1 aliphatic heterocycles. The number of nitrogens with zero attached hydrogens (tertiary/aromatic N) is 2. The Balaban J connectivity index is 2.33. The van der Waals surface area contributed by atoms with Crippen LogP contribution in [0.4, 0.5) is 18.9 Å². The van der Waals surface area contributed by atoms with Crippen molar-refractivity contribution in [2.75, 3.05) is 31.1 Å². The third-order valence-corrected chi connectivity index (χ3v) is 6.03. The Hall–Kier alpha value is -2.95. The monoisotopic (exact) mass is 465 g/mol. The van der Waals surface area contributed by atoms with Gasteiger partial charge in [0.2, 0.25) is 5.91 Å². The zero-order valence-corrected chi connectivity index (χ0v) is 18.3. The molecule has 1 atom stereocenters. The van der Waals surface area contributed by atoms with E-state index in [-0.39, 0.29) is 23.4 Å². The maximum atomic E-state index is 14.2. The van der Waals surface area contributed by atoms with E-state index in [4.69, 9.17) is 5.73 Å². The third kappa shape index (κ3) is 4.21. The number of aliphatic hydroxyl groups excluding tert-OH is 1. The van der Waals surface area contributed by atoms with Gasteiger partial charge in [-0.3, -0.25) is 9.59 Å². The molecular weight excluding hydrogens is 439 g/mol. The largest absolute Gasteiger partial charge is 0.416 e. The van der Waals surface area contributed by atoms with E-state index in [2.05, 4.69) is 0 Å². The van der Waals surface area contributed by atoms with Gasteiger partial charge in [-0.2, -0.15) is 13.2 Å². The Bertz CT molecular complexity index is 1070. The van der Waals surface area contributed by atoms with Gasteiger partial charge in [0.15, 0.2) is 5.60 Å². The zero-order chi connectivity index (χ0) is 24.6. The molecule has 4 N–H and O–H groups in total. The van der Waals surface area contributed by atoms with E-state index in [0.717, 1.165) is 11.0 Å². The number of nitrogens with two attached hydrogens (primary N) is 1. The van der Waals surface area contributed by atoms with Gasteiger partial charge in [-0.1, -0.05) is 38.1 Å². The van der Waals surface area contributed by atoms with Crippen LogP contribution in [0.15, 0.2) is 36.4 Å². The quantitative estimate of drug-likeness (QED) is 0.554. The van der Waals surface area contributed by atoms with Gasteiger partial charge in [-0.25, -0.2) is 0 Å². The van der Waals surface area contributed by atoms with Crippen LogP contribution in [0.25, 0.3) is 0 Å². The summed E-state index contributed by atoms with van der Waals surface area (Å²) in [7, 11) is 0. The molecule has 0 aromatic heterocycles. The molecule has 178 valence electrons. The predicted octanol–water partition coefficient (Wildman–Crippen LogP) is 2.22. The molecule has 2 aromatic rings. The van der Waals surface area contributed by atoms with Crippen LogP contribution in [0, 0.1) is 0 Å². The highest BCUT2D eigenvalue weighted by atomic mass is 19.4. The minimum atomic E-state index is -4.99. The lowest BCUT2D eigenvalue weighted by atomic mass is 9.81. The maximum Gasteiger partial charge on any atom is 0.416 e. The Labute approximate surface area is 189 Å². The number of alkyl halides is 3. The summed E-state index contributed by atoms with van der Waals surface area (Å²) in [5, 5.41) is 21.4. The molecule has 1 aliphatic rings. The molecule has 33 heavy (non-hydrogen) atoms. The summed E-state index contributed by atoms with van der Waals surface area (Å²) in [5.74, 6) is -2.08. The molecule has 7 nitrogen and oxygen atoms in total. The molecule has 0 fully saturated rings. The number of carbonyl (C=O) groups excluding carboxylic acids is 2. The zero-order valence-electron chi connectivity index (χ0n) is 18.3. The van der Waals surface area contributed by atoms with E-state index in [1.807, 2.05) is 18.7 Å². The molecular formula is C23H26F3N3O4. The number of carbonyl (C=O) groups is 2. The average Bonchev–Trinajstić information content (AvgIpc) is 3.00. The summed E-state index contributed by atoms with van der Waals surface area (Å²) in [4.78, 5) is 28.4. The number of halogens is 3. The second-order valence-electron chi connectivity index (χ2n) is 7.79. The molecule has 0 spiro atoms. The van der Waals surface area contributed by atoms with Gasteiger partial charge in [0.1, 0.15) is 0 Å². The van der Waals surface area contributed by atoms with Crippen LogP contribution >= 0.6 is 0 Å². The Morgan fingerprint density at radius 1 is 1.18 bits per heavy atom. The number of hydrogen-bond donors (Lipinski definition) is 3. The van der Waals surface area contributed by atoms with Crippen LogP contribution in [0.3, 0.4) is 0 Å². The normalized spacial score (nSPS) is 18.2. The van der Waals surface area contributed by atoms with Crippen LogP contribution in [0.2, 0.25) is 0 Å². The molecule has 3 rings (SSSR count). The van der Waals surface area contributed by atoms with Crippen molar-refractivity contribution in [3.63, 3.8) is 0 Å². The highest BCUT2D eigenvalue weighted by Crippen LogP contribution is 2.51. The van der Waals surface area contributed by atoms with Crippen LogP contribution in [-0.4, -0.2) is 53.1 Å². The van der Waals surface area contributed by atoms with E-state index in [0.29, 0.717) is 25.7 Å². The van der Waals surface area contributed by atoms with Crippen molar-refractivity contribution in [3.8, 4) is 0 Å². The van der Waals surface area contributed by atoms with Crippen molar-refractivity contribution >= 4 is 17.5 Å². The number of benzene rings is 2. The predicted molar refractivity (Wildman–Crippen MR) is 115 cm³/mol. The fraction of sp³-hybridized carbons (Fsp3) is 0.391. The molecule has 1 unspecified atom stereocenters. The summed E-state index contributed by atoms with van der Waals surface area (Å²) < 4.78 is 42.5. The minimum absolute atomic E-state index is 0.0172. The summed E-state index contributed by atoms with van der Waals surface area (Å²) >= 11 is 0. The first-order chi connectivity index (χ1) is 15.5. The van der Waals surface area contributed by atoms with Gasteiger partial charge in [-0.05, 0) is 30.8 Å². The van der Waals surface area contributed by atoms with Gasteiger partial charge in [0.05, 0.1) is 17.9 Å². The van der Waals surface area contributed by atoms with E-state index < -0.39 is 46.9 Å². The lowest BCUT2D eigenvalue weighted by molar-refractivity contribution is -0.142. The van der Waals surface area contributed by atoms with Crippen LogP contribution in [0.5, 0.6) is 0 Å². The average molecular weight is 465 g/mol. The van der Waals surface area contributed by atoms with E-state index in [9.17, 15) is 33.0 Å². The number of likely N-dealkylation sites (N-methyl/N-ethyl adjacent to an activating group) is 1. The standard InChI is InChI=1S/C23H26F3N3O4/c1-3-28(4-2)9-10-29-18-12-15(20(27)31)11-17(23(24,25)26)19(18)22(33,21(29)32)16-8-6-5-7-14(16)13-30/h5-8,11-12,30,33H,3-4,9-10,13H2,1-2H3,(H2,27,31). The van der Waals surface area contributed by atoms with Crippen LogP contribution < -0.4 is 10.6 Å². The summed E-state index contributed by atoms with van der Waals surface area (Å²) in [6, 6.07) is 7.38. The number of amides is 2. The van der Waals surface area contributed by atoms with Crippen molar-refractivity contribution in [1.82, 2.24) is 4.90 Å². The maximum absolute atomic E-state index is 14.2. The van der Waals surface area contributed by atoms with Crippen molar-refractivity contribution in [2.24, 2.45) is 5.73 Å². The summed E-state index contributed by atoms with van der Waals surface area (Å²) in [6.07, 6.45) is -4.99. The van der Waals surface area contributed by atoms with E-state index >= 15 is 0 Å². The number of hydrogen-bond acceptors (Lipinski definition) is 5. The molecule has 0 aliphatic carbocycles. The topological polar surface area (TPSA) is 107 Å². The van der Waals surface area contributed by atoms with Crippen molar-refractivity contribution < 1.29 is 33.0 Å². The van der Waals surface area contributed by atoms with Crippen LogP contribution in [-0.2, 0) is 23.2 Å². The molecule has 0 saturated heterocycles. The van der Waals surface area contributed by atoms with Gasteiger partial charge in [0, 0.05) is 29.8 Å². The fourth-order valence-electron chi connectivity index (χ4n) is 4.26. The van der Waals surface area contributed by atoms with Gasteiger partial charge < -0.3 is 25.7 Å². The SMILES string of the molecule is CCN(CC)CCN1C(=O)C(O)(c2ccccc2CO)c2c1cc(C(N)=O)cc2C(F)(F)F. The lowest BCUT2D eigenvalue weighted by Gasteiger charge is -2.28. The number of primary amides is 1. The Morgan fingerprint density at radius 2 is 1.82 bits per heavy atom. The number of aliphatic hydroxyl groups is 2. The van der Waals surface area contributed by atoms with Gasteiger partial charge in [-0.15, -0.1) is 0 Å². The highest BCUT2D eigenvalue weighted by molar-refractivity contribution is 6.11. The molecule has 2 amide bonds. The number of anilines is 1. The number of rotatable bonds is 8. The van der Waals surface area contributed by atoms with Crippen molar-refractivity contribution in [1.29, 1.82) is 0 Å². The molecule has 0 bridgehead atoms. The molecule has 10 heteroatoms. The van der Waals surface area contributed by atoms with E-state index in [1.54, 1.807) is 0 Å². The van der Waals surface area contributed by atoms with E-state index in [1.165, 1.54) is 24.3 Å². The van der Waals surface area contributed by atoms with Gasteiger partial charge in [0.25, 0.3) is 5.91 Å². The Kier molecular flexibility index (Phi) is 6.83. The number of fused-ring (bicyclic) bond motifs is 1. The second kappa shape index (κ2) is 9.12.